The highest BCUT2D eigenvalue weighted by molar-refractivity contribution is 6.30. The fourth-order valence-corrected chi connectivity index (χ4v) is 6.97. The van der Waals surface area contributed by atoms with Gasteiger partial charge in [0.2, 0.25) is 0 Å². The van der Waals surface area contributed by atoms with E-state index in [1.165, 1.54) is 7.11 Å². The van der Waals surface area contributed by atoms with E-state index in [0.29, 0.717) is 28.8 Å². The zero-order valence-corrected chi connectivity index (χ0v) is 25.8. The van der Waals surface area contributed by atoms with Gasteiger partial charge in [-0.15, -0.1) is 0 Å². The first-order valence-electron chi connectivity index (χ1n) is 14.8. The number of aromatic nitrogens is 4. The van der Waals surface area contributed by atoms with E-state index in [0.717, 1.165) is 56.3 Å². The molecule has 6 rings (SSSR count). The highest BCUT2D eigenvalue weighted by Crippen LogP contribution is 2.49. The predicted molar refractivity (Wildman–Crippen MR) is 171 cm³/mol. The molecule has 4 aliphatic rings. The van der Waals surface area contributed by atoms with Crippen LogP contribution in [0.25, 0.3) is 39.1 Å². The Balaban J connectivity index is 1.81. The Labute approximate surface area is 255 Å². The minimum Gasteiger partial charge on any atom is -0.506 e. The molecule has 2 aromatic rings. The van der Waals surface area contributed by atoms with Gasteiger partial charge in [-0.05, 0) is 62.1 Å². The number of carboxylic acids is 1. The van der Waals surface area contributed by atoms with Gasteiger partial charge in [-0.1, -0.05) is 32.6 Å². The Kier molecular flexibility index (Phi) is 7.07. The molecule has 9 nitrogen and oxygen atoms in total. The van der Waals surface area contributed by atoms with Crippen molar-refractivity contribution in [1.29, 1.82) is 0 Å². The van der Waals surface area contributed by atoms with Crippen molar-refractivity contribution in [2.24, 2.45) is 0 Å². The average Bonchev–Trinajstić information content (AvgIpc) is 3.72. The molecule has 9 heteroatoms. The summed E-state index contributed by atoms with van der Waals surface area (Å²) in [4.78, 5) is 42.1. The predicted octanol–water partition coefficient (Wildman–Crippen LogP) is 7.33. The monoisotopic (exact) mass is 592 g/mol. The first kappa shape index (κ1) is 29.2. The van der Waals surface area contributed by atoms with Gasteiger partial charge in [-0.25, -0.2) is 9.78 Å². The summed E-state index contributed by atoms with van der Waals surface area (Å²) in [5, 5.41) is 21.2. The molecule has 44 heavy (non-hydrogen) atoms. The topological polar surface area (TPSA) is 141 Å². The molecule has 2 aromatic heterocycles. The minimum absolute atomic E-state index is 0.0236. The molecule has 226 valence electrons. The van der Waals surface area contributed by atoms with Crippen LogP contribution >= 0.6 is 0 Å². The molecule has 0 radical (unpaired) electrons. The second kappa shape index (κ2) is 10.7. The average molecular weight is 593 g/mol. The highest BCUT2D eigenvalue weighted by Gasteiger charge is 2.39. The molecule has 0 saturated heterocycles. The second-order valence-electron chi connectivity index (χ2n) is 11.8. The summed E-state index contributed by atoms with van der Waals surface area (Å²) in [6.07, 6.45) is 4.13. The molecule has 5 heterocycles. The number of aryl methyl sites for hydroxylation is 1. The van der Waals surface area contributed by atoms with Crippen molar-refractivity contribution in [1.82, 2.24) is 19.9 Å². The maximum absolute atomic E-state index is 13.2. The molecule has 3 atom stereocenters. The van der Waals surface area contributed by atoms with Crippen LogP contribution in [0.5, 0.6) is 0 Å². The number of methoxy groups -OCH3 is 1. The van der Waals surface area contributed by atoms with E-state index in [-0.39, 0.29) is 35.5 Å². The van der Waals surface area contributed by atoms with E-state index in [2.05, 4.69) is 35.6 Å². The Bertz CT molecular complexity index is 1950. The number of ether oxygens (including phenoxy) is 1. The van der Waals surface area contributed by atoms with Gasteiger partial charge < -0.3 is 24.9 Å². The number of hydrogen-bond donors (Lipinski definition) is 4. The van der Waals surface area contributed by atoms with E-state index >= 15 is 0 Å². The SMILES string of the molecule is C=CC1=C(C)c2cc3nc(c4c5[nH]c(cc6[nH]c(cc1n2)[C@H](C)/C6=C\C)c(C)c5C(O)=C4C(=O)OC)[C@@H](CCC(=O)O)[C@@H]3C. The number of aliphatic carboxylic acids is 1. The van der Waals surface area contributed by atoms with E-state index in [1.807, 2.05) is 45.9 Å². The molecule has 0 amide bonds. The molecule has 0 saturated carbocycles. The lowest BCUT2D eigenvalue weighted by Gasteiger charge is -2.17. The number of nitrogens with one attached hydrogen (secondary N) is 2. The standard InChI is InChI=1S/C35H36N4O5/c1-8-19-15(3)22-12-24-17(5)21(10-11-28(40)41)32(38-24)30-31(35(43)44-7)34(42)29-18(6)25(39-33(29)30)14-27-20(9-2)16(4)23(37-27)13-26(19)36-22/h8-9,12-14,16-17,21,37,39,42H,1,10-11H2,2-7H3,(H,40,41)/b20-9+,22-12?,23-13?,27-14?,32-30?/t16-,17+,21+/m1/s1. The molecule has 1 aliphatic carbocycles. The van der Waals surface area contributed by atoms with Crippen LogP contribution in [0.4, 0.5) is 0 Å². The van der Waals surface area contributed by atoms with Crippen LogP contribution < -0.4 is 0 Å². The number of aliphatic hydroxyl groups is 1. The third kappa shape index (κ3) is 4.29. The number of hydrogen-bond acceptors (Lipinski definition) is 6. The van der Waals surface area contributed by atoms with Gasteiger partial charge in [0, 0.05) is 63.5 Å². The lowest BCUT2D eigenvalue weighted by Crippen LogP contribution is -2.10. The first-order valence-corrected chi connectivity index (χ1v) is 14.8. The summed E-state index contributed by atoms with van der Waals surface area (Å²) in [6, 6.07) is 6.03. The van der Waals surface area contributed by atoms with Gasteiger partial charge in [0.25, 0.3) is 0 Å². The van der Waals surface area contributed by atoms with E-state index in [1.54, 1.807) is 0 Å². The first-order chi connectivity index (χ1) is 21.0. The number of carboxylic acid groups (broad SMARTS) is 1. The van der Waals surface area contributed by atoms with Crippen molar-refractivity contribution in [2.75, 3.05) is 7.11 Å². The summed E-state index contributed by atoms with van der Waals surface area (Å²) >= 11 is 0. The van der Waals surface area contributed by atoms with Gasteiger partial charge in [0.1, 0.15) is 11.3 Å². The van der Waals surface area contributed by atoms with Gasteiger partial charge in [-0.2, -0.15) is 0 Å². The molecular formula is C35H36N4O5. The quantitative estimate of drug-likeness (QED) is 0.266. The van der Waals surface area contributed by atoms with Crippen molar-refractivity contribution in [3.05, 3.63) is 87.8 Å². The summed E-state index contributed by atoms with van der Waals surface area (Å²) < 4.78 is 5.13. The van der Waals surface area contributed by atoms with Crippen molar-refractivity contribution in [3.8, 4) is 0 Å². The number of carbonyl (C=O) groups excluding carboxylic acids is 1. The van der Waals surface area contributed by atoms with Crippen LogP contribution in [0.15, 0.2) is 36.9 Å². The number of fused-ring (bicyclic) bond motifs is 8. The molecule has 3 aliphatic heterocycles. The zero-order valence-electron chi connectivity index (χ0n) is 25.8. The third-order valence-corrected chi connectivity index (χ3v) is 9.46. The minimum atomic E-state index is -0.917. The van der Waals surface area contributed by atoms with Crippen molar-refractivity contribution in [3.63, 3.8) is 0 Å². The maximum Gasteiger partial charge on any atom is 0.342 e. The fourth-order valence-electron chi connectivity index (χ4n) is 6.97. The highest BCUT2D eigenvalue weighted by atomic mass is 16.5. The Morgan fingerprint density at radius 3 is 2.50 bits per heavy atom. The molecule has 0 unspecified atom stereocenters. The van der Waals surface area contributed by atoms with Crippen LogP contribution in [0.3, 0.4) is 0 Å². The largest absolute Gasteiger partial charge is 0.506 e. The van der Waals surface area contributed by atoms with Gasteiger partial charge in [-0.3, -0.25) is 9.78 Å². The fraction of sp³-hybridized carbons (Fsp3) is 0.314. The van der Waals surface area contributed by atoms with E-state index < -0.39 is 11.9 Å². The molecule has 0 spiro atoms. The normalized spacial score (nSPS) is 20.8. The van der Waals surface area contributed by atoms with Crippen LogP contribution in [-0.2, 0) is 14.3 Å². The summed E-state index contributed by atoms with van der Waals surface area (Å²) in [5.74, 6) is -2.23. The van der Waals surface area contributed by atoms with Crippen molar-refractivity contribution in [2.45, 2.75) is 65.2 Å². The van der Waals surface area contributed by atoms with Crippen molar-refractivity contribution >= 4 is 51.0 Å². The summed E-state index contributed by atoms with van der Waals surface area (Å²) in [6.45, 7) is 14.1. The van der Waals surface area contributed by atoms with Crippen LogP contribution in [0, 0.1) is 6.92 Å². The number of nitrogens with zero attached hydrogens (tertiary/aromatic N) is 2. The summed E-state index contributed by atoms with van der Waals surface area (Å²) in [5.41, 5.74) is 10.8. The van der Waals surface area contributed by atoms with Gasteiger partial charge >= 0.3 is 11.9 Å². The number of allylic oxidation sites excluding steroid dienone is 5. The molecule has 8 bridgehead atoms. The number of rotatable bonds is 5. The Hall–Kier alpha value is -4.92. The Morgan fingerprint density at radius 2 is 1.84 bits per heavy atom. The van der Waals surface area contributed by atoms with Crippen LogP contribution in [-0.4, -0.2) is 49.2 Å². The Morgan fingerprint density at radius 1 is 1.09 bits per heavy atom. The van der Waals surface area contributed by atoms with Crippen LogP contribution in [0.1, 0.15) is 109 Å². The van der Waals surface area contributed by atoms with Gasteiger partial charge in [0.05, 0.1) is 29.7 Å². The van der Waals surface area contributed by atoms with Crippen molar-refractivity contribution < 1.29 is 24.5 Å². The lowest BCUT2D eigenvalue weighted by molar-refractivity contribution is -0.137. The van der Waals surface area contributed by atoms with E-state index in [9.17, 15) is 19.8 Å². The molecule has 0 fully saturated rings. The van der Waals surface area contributed by atoms with E-state index in [4.69, 9.17) is 14.7 Å². The zero-order chi connectivity index (χ0) is 31.6. The molecule has 4 N–H and O–H groups in total. The number of aromatic amines is 2. The number of H-pyrrole nitrogens is 2. The number of esters is 1. The summed E-state index contributed by atoms with van der Waals surface area (Å²) in [7, 11) is 1.27. The lowest BCUT2D eigenvalue weighted by atomic mass is 9.85. The third-order valence-electron chi connectivity index (χ3n) is 9.46. The molecule has 0 aromatic carbocycles. The number of aliphatic hydroxyl groups excluding tert-OH is 1. The smallest absolute Gasteiger partial charge is 0.342 e. The van der Waals surface area contributed by atoms with Gasteiger partial charge in [0.15, 0.2) is 0 Å². The molecular weight excluding hydrogens is 556 g/mol. The maximum atomic E-state index is 13.2. The number of carbonyl (C=O) groups is 2. The van der Waals surface area contributed by atoms with Crippen LogP contribution in [0.2, 0.25) is 0 Å². The second-order valence-corrected chi connectivity index (χ2v) is 11.8.